The van der Waals surface area contributed by atoms with Crippen molar-refractivity contribution in [1.82, 2.24) is 9.78 Å². The lowest BCUT2D eigenvalue weighted by Crippen LogP contribution is -2.14. The molecule has 0 aliphatic carbocycles. The second-order valence-electron chi connectivity index (χ2n) is 5.96. The summed E-state index contributed by atoms with van der Waals surface area (Å²) in [5.41, 5.74) is 1.56. The van der Waals surface area contributed by atoms with Gasteiger partial charge in [-0.2, -0.15) is 5.10 Å². The molecule has 114 valence electrons. The molecule has 1 heterocycles. The Morgan fingerprint density at radius 3 is 2.29 bits per heavy atom. The van der Waals surface area contributed by atoms with Crippen LogP contribution in [-0.2, 0) is 22.0 Å². The number of nitrogens with zero attached hydrogens (tertiary/aromatic N) is 2. The molecule has 21 heavy (non-hydrogen) atoms. The van der Waals surface area contributed by atoms with Crippen molar-refractivity contribution in [3.8, 4) is 0 Å². The van der Waals surface area contributed by atoms with E-state index in [-0.39, 0.29) is 10.3 Å². The average Bonchev–Trinajstić information content (AvgIpc) is 2.85. The molecular weight excluding hydrogens is 286 g/mol. The Hall–Kier alpha value is -1.82. The largest absolute Gasteiger partial charge is 0.276 e. The zero-order chi connectivity index (χ0) is 15.7. The van der Waals surface area contributed by atoms with E-state index < -0.39 is 10.0 Å². The van der Waals surface area contributed by atoms with Crippen molar-refractivity contribution in [3.05, 3.63) is 42.2 Å². The van der Waals surface area contributed by atoms with Crippen LogP contribution in [-0.4, -0.2) is 18.2 Å². The second kappa shape index (κ2) is 5.52. The molecule has 1 aromatic heterocycles. The first-order chi connectivity index (χ1) is 9.72. The predicted molar refractivity (Wildman–Crippen MR) is 83.9 cm³/mol. The summed E-state index contributed by atoms with van der Waals surface area (Å²) in [6.45, 7) is 8.91. The Morgan fingerprint density at radius 2 is 1.81 bits per heavy atom. The molecule has 0 radical (unpaired) electrons. The van der Waals surface area contributed by atoms with Gasteiger partial charge in [-0.05, 0) is 30.0 Å². The number of hydrogen-bond donors (Lipinski definition) is 1. The van der Waals surface area contributed by atoms with E-state index in [1.54, 1.807) is 23.0 Å². The zero-order valence-corrected chi connectivity index (χ0v) is 13.6. The minimum Gasteiger partial charge on any atom is -0.276 e. The van der Waals surface area contributed by atoms with Gasteiger partial charge in [-0.1, -0.05) is 32.9 Å². The van der Waals surface area contributed by atoms with Crippen LogP contribution in [0.3, 0.4) is 0 Å². The SMILES string of the molecule is CCn1cc(NS(=O)(=O)c2ccc(C(C)(C)C)cc2)cn1. The fourth-order valence-electron chi connectivity index (χ4n) is 1.94. The lowest BCUT2D eigenvalue weighted by Gasteiger charge is -2.19. The van der Waals surface area contributed by atoms with Crippen LogP contribution in [0.4, 0.5) is 5.69 Å². The van der Waals surface area contributed by atoms with Gasteiger partial charge >= 0.3 is 0 Å². The highest BCUT2D eigenvalue weighted by Crippen LogP contribution is 2.24. The molecule has 0 saturated carbocycles. The Kier molecular flexibility index (Phi) is 4.09. The monoisotopic (exact) mass is 307 g/mol. The Morgan fingerprint density at radius 1 is 1.19 bits per heavy atom. The van der Waals surface area contributed by atoms with Crippen molar-refractivity contribution >= 4 is 15.7 Å². The Balaban J connectivity index is 2.23. The van der Waals surface area contributed by atoms with Crippen molar-refractivity contribution in [2.75, 3.05) is 4.72 Å². The van der Waals surface area contributed by atoms with Crippen LogP contribution in [0, 0.1) is 0 Å². The second-order valence-corrected chi connectivity index (χ2v) is 7.65. The summed E-state index contributed by atoms with van der Waals surface area (Å²) in [5.74, 6) is 0. The summed E-state index contributed by atoms with van der Waals surface area (Å²) in [6.07, 6.45) is 3.17. The standard InChI is InChI=1S/C15H21N3O2S/c1-5-18-11-13(10-16-18)17-21(19,20)14-8-6-12(7-9-14)15(2,3)4/h6-11,17H,5H2,1-4H3. The first-order valence-electron chi connectivity index (χ1n) is 6.88. The van der Waals surface area contributed by atoms with E-state index in [1.165, 1.54) is 6.20 Å². The molecule has 2 rings (SSSR count). The third kappa shape index (κ3) is 3.64. The quantitative estimate of drug-likeness (QED) is 0.944. The third-order valence-corrected chi connectivity index (χ3v) is 4.64. The summed E-state index contributed by atoms with van der Waals surface area (Å²) < 4.78 is 28.8. The third-order valence-electron chi connectivity index (χ3n) is 3.24. The van der Waals surface area contributed by atoms with E-state index in [1.807, 2.05) is 19.1 Å². The molecule has 0 saturated heterocycles. The van der Waals surface area contributed by atoms with E-state index in [4.69, 9.17) is 0 Å². The average molecular weight is 307 g/mol. The molecule has 0 bridgehead atoms. The normalized spacial score (nSPS) is 12.4. The number of nitrogens with one attached hydrogen (secondary N) is 1. The molecule has 2 aromatic rings. The van der Waals surface area contributed by atoms with E-state index in [0.717, 1.165) is 5.56 Å². The highest BCUT2D eigenvalue weighted by atomic mass is 32.2. The highest BCUT2D eigenvalue weighted by Gasteiger charge is 2.18. The molecule has 0 unspecified atom stereocenters. The molecule has 0 spiro atoms. The number of rotatable bonds is 4. The van der Waals surface area contributed by atoms with Gasteiger partial charge in [0.2, 0.25) is 0 Å². The van der Waals surface area contributed by atoms with Crippen molar-refractivity contribution in [2.24, 2.45) is 0 Å². The minimum absolute atomic E-state index is 0.00200. The molecule has 0 aliphatic rings. The van der Waals surface area contributed by atoms with Crippen LogP contribution in [0.2, 0.25) is 0 Å². The molecule has 6 heteroatoms. The lowest BCUT2D eigenvalue weighted by molar-refractivity contribution is 0.587. The summed E-state index contributed by atoms with van der Waals surface area (Å²) >= 11 is 0. The zero-order valence-electron chi connectivity index (χ0n) is 12.8. The summed E-state index contributed by atoms with van der Waals surface area (Å²) in [7, 11) is -3.57. The van der Waals surface area contributed by atoms with Gasteiger partial charge in [0.15, 0.2) is 0 Å². The van der Waals surface area contributed by atoms with E-state index in [9.17, 15) is 8.42 Å². The van der Waals surface area contributed by atoms with Crippen LogP contribution in [0.15, 0.2) is 41.6 Å². The molecule has 0 amide bonds. The first kappa shape index (κ1) is 15.6. The van der Waals surface area contributed by atoms with Gasteiger partial charge in [0.25, 0.3) is 10.0 Å². The Labute approximate surface area is 126 Å². The van der Waals surface area contributed by atoms with Gasteiger partial charge in [-0.25, -0.2) is 8.42 Å². The number of benzene rings is 1. The maximum absolute atomic E-state index is 12.3. The maximum atomic E-state index is 12.3. The molecule has 0 aliphatic heterocycles. The maximum Gasteiger partial charge on any atom is 0.261 e. The molecule has 0 atom stereocenters. The number of sulfonamides is 1. The van der Waals surface area contributed by atoms with Crippen molar-refractivity contribution < 1.29 is 8.42 Å². The van der Waals surface area contributed by atoms with Crippen molar-refractivity contribution in [2.45, 2.75) is 44.6 Å². The summed E-state index contributed by atoms with van der Waals surface area (Å²) in [6, 6.07) is 6.97. The number of aromatic nitrogens is 2. The van der Waals surface area contributed by atoms with Crippen LogP contribution in [0.5, 0.6) is 0 Å². The van der Waals surface area contributed by atoms with Gasteiger partial charge in [0, 0.05) is 12.7 Å². The van der Waals surface area contributed by atoms with Gasteiger partial charge in [-0.3, -0.25) is 9.40 Å². The molecule has 1 aromatic carbocycles. The van der Waals surface area contributed by atoms with E-state index >= 15 is 0 Å². The predicted octanol–water partition coefficient (Wildman–Crippen LogP) is 3.00. The van der Waals surface area contributed by atoms with Crippen LogP contribution in [0.25, 0.3) is 0 Å². The number of hydrogen-bond acceptors (Lipinski definition) is 3. The van der Waals surface area contributed by atoms with Crippen LogP contribution in [0.1, 0.15) is 33.3 Å². The van der Waals surface area contributed by atoms with Gasteiger partial charge in [-0.15, -0.1) is 0 Å². The van der Waals surface area contributed by atoms with Gasteiger partial charge in [0.1, 0.15) is 0 Å². The molecule has 0 fully saturated rings. The van der Waals surface area contributed by atoms with Crippen molar-refractivity contribution in [1.29, 1.82) is 0 Å². The van der Waals surface area contributed by atoms with Crippen LogP contribution < -0.4 is 4.72 Å². The smallest absolute Gasteiger partial charge is 0.261 e. The topological polar surface area (TPSA) is 64.0 Å². The molecule has 1 N–H and O–H groups in total. The fourth-order valence-corrected chi connectivity index (χ4v) is 2.97. The number of anilines is 1. The fraction of sp³-hybridized carbons (Fsp3) is 0.400. The van der Waals surface area contributed by atoms with Gasteiger partial charge in [0.05, 0.1) is 16.8 Å². The molecular formula is C15H21N3O2S. The van der Waals surface area contributed by atoms with E-state index in [0.29, 0.717) is 12.2 Å². The van der Waals surface area contributed by atoms with Crippen LogP contribution >= 0.6 is 0 Å². The lowest BCUT2D eigenvalue weighted by atomic mass is 9.87. The summed E-state index contributed by atoms with van der Waals surface area (Å²) in [4.78, 5) is 0.250. The van der Waals surface area contributed by atoms with E-state index in [2.05, 4.69) is 30.6 Å². The van der Waals surface area contributed by atoms with Crippen molar-refractivity contribution in [3.63, 3.8) is 0 Å². The number of aryl methyl sites for hydroxylation is 1. The molecule has 5 nitrogen and oxygen atoms in total. The van der Waals surface area contributed by atoms with Gasteiger partial charge < -0.3 is 0 Å². The first-order valence-corrected chi connectivity index (χ1v) is 8.36. The summed E-state index contributed by atoms with van der Waals surface area (Å²) in [5, 5.41) is 4.05. The Bertz CT molecular complexity index is 710. The highest BCUT2D eigenvalue weighted by molar-refractivity contribution is 7.92. The minimum atomic E-state index is -3.57.